The Kier molecular flexibility index (Phi) is 4.87. The molecule has 0 aliphatic carbocycles. The first-order chi connectivity index (χ1) is 10.7. The quantitative estimate of drug-likeness (QED) is 0.839. The molecule has 6 nitrogen and oxygen atoms in total. The smallest absolute Gasteiger partial charge is 0.236 e. The van der Waals surface area contributed by atoms with E-state index in [9.17, 15) is 4.79 Å². The van der Waals surface area contributed by atoms with Crippen molar-refractivity contribution in [3.05, 3.63) is 29.5 Å². The van der Waals surface area contributed by atoms with Crippen LogP contribution in [0.5, 0.6) is 0 Å². The summed E-state index contributed by atoms with van der Waals surface area (Å²) in [5.74, 6) is 0.769. The summed E-state index contributed by atoms with van der Waals surface area (Å²) in [4.78, 5) is 21.5. The first-order valence-electron chi connectivity index (χ1n) is 7.25. The van der Waals surface area contributed by atoms with Gasteiger partial charge < -0.3 is 14.1 Å². The number of carbonyl (C=O) groups is 1. The fraction of sp³-hybridized carbons (Fsp3) is 0.467. The Labute approximate surface area is 133 Å². The predicted molar refractivity (Wildman–Crippen MR) is 83.5 cm³/mol. The van der Waals surface area contributed by atoms with E-state index in [2.05, 4.69) is 4.98 Å². The molecular weight excluding hydrogens is 302 g/mol. The number of ether oxygens (including phenoxy) is 1. The molecule has 118 valence electrons. The molecule has 3 heterocycles. The number of likely N-dealkylation sites (N-methyl/N-ethyl adjacent to an activating group) is 1. The van der Waals surface area contributed by atoms with Gasteiger partial charge in [-0.25, -0.2) is 4.98 Å². The van der Waals surface area contributed by atoms with Gasteiger partial charge >= 0.3 is 0 Å². The molecule has 0 aromatic carbocycles. The Hall–Kier alpha value is -1.70. The highest BCUT2D eigenvalue weighted by molar-refractivity contribution is 7.13. The number of thiophene rings is 1. The lowest BCUT2D eigenvalue weighted by Crippen LogP contribution is -2.44. The summed E-state index contributed by atoms with van der Waals surface area (Å²) in [7, 11) is 1.91. The zero-order chi connectivity index (χ0) is 15.4. The predicted octanol–water partition coefficient (Wildman–Crippen LogP) is 1.69. The number of hydrogen-bond acceptors (Lipinski definition) is 6. The van der Waals surface area contributed by atoms with E-state index in [-0.39, 0.29) is 5.91 Å². The zero-order valence-corrected chi connectivity index (χ0v) is 13.3. The molecule has 0 spiro atoms. The highest BCUT2D eigenvalue weighted by Crippen LogP contribution is 2.23. The van der Waals surface area contributed by atoms with Gasteiger partial charge in [0.25, 0.3) is 0 Å². The van der Waals surface area contributed by atoms with Crippen LogP contribution in [-0.2, 0) is 16.1 Å². The molecule has 2 aromatic rings. The summed E-state index contributed by atoms with van der Waals surface area (Å²) in [6, 6.07) is 3.95. The Morgan fingerprint density at radius 1 is 1.45 bits per heavy atom. The van der Waals surface area contributed by atoms with Gasteiger partial charge in [0.15, 0.2) is 0 Å². The standard InChI is InChI=1S/C15H19N3O3S/c1-17(10-14(19)18-4-6-20-7-5-18)9-12-11-21-15(16-12)13-3-2-8-22-13/h2-3,8,11H,4-7,9-10H2,1H3. The van der Waals surface area contributed by atoms with Gasteiger partial charge in [0.1, 0.15) is 6.26 Å². The zero-order valence-electron chi connectivity index (χ0n) is 12.5. The Morgan fingerprint density at radius 3 is 3.00 bits per heavy atom. The van der Waals surface area contributed by atoms with E-state index in [4.69, 9.17) is 9.15 Å². The van der Waals surface area contributed by atoms with E-state index in [1.54, 1.807) is 17.6 Å². The molecule has 0 atom stereocenters. The Bertz CT molecular complexity index is 605. The maximum atomic E-state index is 12.2. The first-order valence-corrected chi connectivity index (χ1v) is 8.12. The van der Waals surface area contributed by atoms with Crippen molar-refractivity contribution >= 4 is 17.2 Å². The molecule has 1 saturated heterocycles. The van der Waals surface area contributed by atoms with Crippen molar-refractivity contribution < 1.29 is 13.9 Å². The average Bonchev–Trinajstić information content (AvgIpc) is 3.19. The van der Waals surface area contributed by atoms with Crippen molar-refractivity contribution in [2.45, 2.75) is 6.54 Å². The normalized spacial score (nSPS) is 15.5. The lowest BCUT2D eigenvalue weighted by molar-refractivity contribution is -0.136. The van der Waals surface area contributed by atoms with Crippen LogP contribution >= 0.6 is 11.3 Å². The number of morpholine rings is 1. The number of oxazole rings is 1. The lowest BCUT2D eigenvalue weighted by atomic mass is 10.3. The highest BCUT2D eigenvalue weighted by atomic mass is 32.1. The SMILES string of the molecule is CN(CC(=O)N1CCOCC1)Cc1coc(-c2cccs2)n1. The molecule has 1 aliphatic heterocycles. The van der Waals surface area contributed by atoms with Crippen molar-refractivity contribution in [1.82, 2.24) is 14.8 Å². The number of nitrogens with zero attached hydrogens (tertiary/aromatic N) is 3. The second kappa shape index (κ2) is 7.04. The second-order valence-corrected chi connectivity index (χ2v) is 6.23. The van der Waals surface area contributed by atoms with Crippen LogP contribution < -0.4 is 0 Å². The molecule has 1 fully saturated rings. The number of aromatic nitrogens is 1. The molecule has 7 heteroatoms. The second-order valence-electron chi connectivity index (χ2n) is 5.29. The van der Waals surface area contributed by atoms with Gasteiger partial charge in [-0.2, -0.15) is 0 Å². The number of rotatable bonds is 5. The van der Waals surface area contributed by atoms with Crippen molar-refractivity contribution in [3.63, 3.8) is 0 Å². The molecule has 0 N–H and O–H groups in total. The number of amides is 1. The van der Waals surface area contributed by atoms with Gasteiger partial charge in [-0.15, -0.1) is 11.3 Å². The summed E-state index contributed by atoms with van der Waals surface area (Å²) < 4.78 is 10.8. The lowest BCUT2D eigenvalue weighted by Gasteiger charge is -2.28. The van der Waals surface area contributed by atoms with Crippen LogP contribution in [0.25, 0.3) is 10.8 Å². The van der Waals surface area contributed by atoms with Gasteiger partial charge in [-0.05, 0) is 18.5 Å². The first kappa shape index (κ1) is 15.2. The average molecular weight is 321 g/mol. The van der Waals surface area contributed by atoms with E-state index < -0.39 is 0 Å². The number of carbonyl (C=O) groups excluding carboxylic acids is 1. The Balaban J connectivity index is 1.53. The molecule has 0 radical (unpaired) electrons. The minimum absolute atomic E-state index is 0.132. The minimum atomic E-state index is 0.132. The van der Waals surface area contributed by atoms with Gasteiger partial charge in [0.05, 0.1) is 30.3 Å². The molecule has 3 rings (SSSR count). The summed E-state index contributed by atoms with van der Waals surface area (Å²) in [6.07, 6.45) is 1.66. The maximum absolute atomic E-state index is 12.2. The van der Waals surface area contributed by atoms with Crippen LogP contribution in [0.2, 0.25) is 0 Å². The van der Waals surface area contributed by atoms with Gasteiger partial charge in [-0.1, -0.05) is 6.07 Å². The third-order valence-corrected chi connectivity index (χ3v) is 4.34. The molecular formula is C15H19N3O3S. The molecule has 0 bridgehead atoms. The topological polar surface area (TPSA) is 58.8 Å². The molecule has 2 aromatic heterocycles. The van der Waals surface area contributed by atoms with E-state index in [1.165, 1.54) is 0 Å². The van der Waals surface area contributed by atoms with Crippen LogP contribution in [0, 0.1) is 0 Å². The third kappa shape index (κ3) is 3.73. The maximum Gasteiger partial charge on any atom is 0.236 e. The summed E-state index contributed by atoms with van der Waals surface area (Å²) >= 11 is 1.60. The summed E-state index contributed by atoms with van der Waals surface area (Å²) in [5.41, 5.74) is 0.834. The van der Waals surface area contributed by atoms with E-state index in [0.717, 1.165) is 10.6 Å². The van der Waals surface area contributed by atoms with Gasteiger partial charge in [-0.3, -0.25) is 9.69 Å². The van der Waals surface area contributed by atoms with E-state index in [0.29, 0.717) is 45.3 Å². The molecule has 0 saturated carbocycles. The number of hydrogen-bond donors (Lipinski definition) is 0. The van der Waals surface area contributed by atoms with Crippen LogP contribution in [0.1, 0.15) is 5.69 Å². The molecule has 0 unspecified atom stereocenters. The minimum Gasteiger partial charge on any atom is -0.444 e. The van der Waals surface area contributed by atoms with Crippen LogP contribution in [-0.4, -0.2) is 60.6 Å². The Morgan fingerprint density at radius 2 is 2.27 bits per heavy atom. The van der Waals surface area contributed by atoms with Crippen molar-refractivity contribution in [1.29, 1.82) is 0 Å². The van der Waals surface area contributed by atoms with Crippen molar-refractivity contribution in [3.8, 4) is 10.8 Å². The molecule has 1 amide bonds. The van der Waals surface area contributed by atoms with E-state index >= 15 is 0 Å². The van der Waals surface area contributed by atoms with E-state index in [1.807, 2.05) is 34.4 Å². The fourth-order valence-corrected chi connectivity index (χ4v) is 3.02. The summed E-state index contributed by atoms with van der Waals surface area (Å²) in [6.45, 7) is 3.58. The third-order valence-electron chi connectivity index (χ3n) is 3.48. The largest absolute Gasteiger partial charge is 0.444 e. The molecule has 1 aliphatic rings. The van der Waals surface area contributed by atoms with Crippen molar-refractivity contribution in [2.75, 3.05) is 39.9 Å². The monoisotopic (exact) mass is 321 g/mol. The van der Waals surface area contributed by atoms with Crippen LogP contribution in [0.4, 0.5) is 0 Å². The fourth-order valence-electron chi connectivity index (χ4n) is 2.37. The van der Waals surface area contributed by atoms with Crippen LogP contribution in [0.3, 0.4) is 0 Å². The van der Waals surface area contributed by atoms with Crippen molar-refractivity contribution in [2.24, 2.45) is 0 Å². The highest BCUT2D eigenvalue weighted by Gasteiger charge is 2.19. The van der Waals surface area contributed by atoms with Crippen LogP contribution in [0.15, 0.2) is 28.2 Å². The van der Waals surface area contributed by atoms with Gasteiger partial charge in [0.2, 0.25) is 11.8 Å². The summed E-state index contributed by atoms with van der Waals surface area (Å²) in [5, 5.41) is 1.99. The molecule has 22 heavy (non-hydrogen) atoms. The van der Waals surface area contributed by atoms with Gasteiger partial charge in [0, 0.05) is 19.6 Å².